The van der Waals surface area contributed by atoms with Gasteiger partial charge in [0.15, 0.2) is 0 Å². The molecule has 0 atom stereocenters. The number of rotatable bonds is 4. The van der Waals surface area contributed by atoms with E-state index in [1.54, 1.807) is 4.57 Å². The first-order chi connectivity index (χ1) is 6.15. The van der Waals surface area contributed by atoms with E-state index in [2.05, 4.69) is 11.9 Å². The van der Waals surface area contributed by atoms with Crippen LogP contribution in [-0.4, -0.2) is 9.55 Å². The highest BCUT2D eigenvalue weighted by atomic mass is 16.1. The Morgan fingerprint density at radius 2 is 2.23 bits per heavy atom. The quantitative estimate of drug-likeness (QED) is 0.760. The standard InChI is InChI=1S/C10H18N2O/c1-4-5-6-9-7-12(8(2)3)10(13)11-9/h7-8H,4-6H2,1-3H3,(H,11,13). The van der Waals surface area contributed by atoms with Crippen LogP contribution in [-0.2, 0) is 6.42 Å². The van der Waals surface area contributed by atoms with E-state index in [1.165, 1.54) is 0 Å². The summed E-state index contributed by atoms with van der Waals surface area (Å²) in [7, 11) is 0. The van der Waals surface area contributed by atoms with Crippen LogP contribution < -0.4 is 5.69 Å². The number of aryl methyl sites for hydroxylation is 1. The average molecular weight is 182 g/mol. The van der Waals surface area contributed by atoms with Crippen LogP contribution in [0.4, 0.5) is 0 Å². The summed E-state index contributed by atoms with van der Waals surface area (Å²) >= 11 is 0. The lowest BCUT2D eigenvalue weighted by molar-refractivity contribution is 0.580. The molecular formula is C10H18N2O. The van der Waals surface area contributed by atoms with Crippen molar-refractivity contribution in [3.63, 3.8) is 0 Å². The minimum atomic E-state index is 0.0149. The zero-order valence-corrected chi connectivity index (χ0v) is 8.63. The van der Waals surface area contributed by atoms with Gasteiger partial charge in [-0.2, -0.15) is 0 Å². The molecule has 1 aromatic rings. The molecule has 74 valence electrons. The largest absolute Gasteiger partial charge is 0.325 e. The Labute approximate surface area is 78.8 Å². The third-order valence-corrected chi connectivity index (χ3v) is 2.15. The summed E-state index contributed by atoms with van der Waals surface area (Å²) in [5, 5.41) is 0. The predicted molar refractivity (Wildman–Crippen MR) is 54.0 cm³/mol. The van der Waals surface area contributed by atoms with E-state index in [1.807, 2.05) is 20.0 Å². The molecular weight excluding hydrogens is 164 g/mol. The molecule has 0 fully saturated rings. The molecule has 0 bridgehead atoms. The highest BCUT2D eigenvalue weighted by Crippen LogP contribution is 2.04. The van der Waals surface area contributed by atoms with Gasteiger partial charge in [0.05, 0.1) is 0 Å². The van der Waals surface area contributed by atoms with Gasteiger partial charge in [0.1, 0.15) is 0 Å². The van der Waals surface area contributed by atoms with Crippen molar-refractivity contribution in [2.45, 2.75) is 46.1 Å². The van der Waals surface area contributed by atoms with Gasteiger partial charge in [-0.25, -0.2) is 4.79 Å². The van der Waals surface area contributed by atoms with Gasteiger partial charge in [-0.1, -0.05) is 13.3 Å². The van der Waals surface area contributed by atoms with E-state index in [-0.39, 0.29) is 11.7 Å². The lowest BCUT2D eigenvalue weighted by atomic mass is 10.2. The van der Waals surface area contributed by atoms with Gasteiger partial charge in [-0.3, -0.25) is 4.57 Å². The van der Waals surface area contributed by atoms with Crippen LogP contribution in [0, 0.1) is 0 Å². The van der Waals surface area contributed by atoms with E-state index in [9.17, 15) is 4.79 Å². The molecule has 0 radical (unpaired) electrons. The van der Waals surface area contributed by atoms with E-state index in [4.69, 9.17) is 0 Å². The number of unbranched alkanes of at least 4 members (excludes halogenated alkanes) is 1. The average Bonchev–Trinajstić information content (AvgIpc) is 2.43. The Morgan fingerprint density at radius 3 is 2.69 bits per heavy atom. The fraction of sp³-hybridized carbons (Fsp3) is 0.700. The molecule has 1 N–H and O–H groups in total. The molecule has 1 aromatic heterocycles. The van der Waals surface area contributed by atoms with Crippen molar-refractivity contribution in [1.29, 1.82) is 0 Å². The van der Waals surface area contributed by atoms with Gasteiger partial charge in [-0.05, 0) is 26.7 Å². The first-order valence-corrected chi connectivity index (χ1v) is 4.95. The summed E-state index contributed by atoms with van der Waals surface area (Å²) in [5.74, 6) is 0. The maximum atomic E-state index is 11.4. The second-order valence-corrected chi connectivity index (χ2v) is 3.69. The monoisotopic (exact) mass is 182 g/mol. The number of hydrogen-bond donors (Lipinski definition) is 1. The predicted octanol–water partition coefficient (Wildman–Crippen LogP) is 2.10. The Morgan fingerprint density at radius 1 is 1.54 bits per heavy atom. The SMILES string of the molecule is CCCCc1cn(C(C)C)c(=O)[nH]1. The highest BCUT2D eigenvalue weighted by Gasteiger charge is 2.04. The van der Waals surface area contributed by atoms with Gasteiger partial charge in [0.2, 0.25) is 0 Å². The van der Waals surface area contributed by atoms with Crippen molar-refractivity contribution < 1.29 is 0 Å². The Kier molecular flexibility index (Phi) is 3.34. The van der Waals surface area contributed by atoms with E-state index in [0.29, 0.717) is 0 Å². The molecule has 0 amide bonds. The molecule has 0 saturated heterocycles. The maximum Gasteiger partial charge on any atom is 0.325 e. The van der Waals surface area contributed by atoms with Crippen molar-refractivity contribution in [3.05, 3.63) is 22.4 Å². The first-order valence-electron chi connectivity index (χ1n) is 4.95. The van der Waals surface area contributed by atoms with Gasteiger partial charge in [0.25, 0.3) is 0 Å². The summed E-state index contributed by atoms with van der Waals surface area (Å²) < 4.78 is 1.74. The number of nitrogens with one attached hydrogen (secondary N) is 1. The smallest absolute Gasteiger partial charge is 0.310 e. The van der Waals surface area contributed by atoms with Crippen molar-refractivity contribution in [2.75, 3.05) is 0 Å². The third kappa shape index (κ3) is 2.47. The van der Waals surface area contributed by atoms with E-state index < -0.39 is 0 Å². The Bertz CT molecular complexity index is 309. The zero-order valence-electron chi connectivity index (χ0n) is 8.63. The fourth-order valence-corrected chi connectivity index (χ4v) is 1.34. The van der Waals surface area contributed by atoms with Crippen molar-refractivity contribution in [1.82, 2.24) is 9.55 Å². The number of H-pyrrole nitrogens is 1. The molecule has 0 aliphatic rings. The summed E-state index contributed by atoms with van der Waals surface area (Å²) in [6.45, 7) is 6.18. The number of imidazole rings is 1. The van der Waals surface area contributed by atoms with Crippen molar-refractivity contribution >= 4 is 0 Å². The second-order valence-electron chi connectivity index (χ2n) is 3.69. The zero-order chi connectivity index (χ0) is 9.84. The molecule has 13 heavy (non-hydrogen) atoms. The summed E-state index contributed by atoms with van der Waals surface area (Å²) in [6.07, 6.45) is 5.21. The topological polar surface area (TPSA) is 37.8 Å². The third-order valence-electron chi connectivity index (χ3n) is 2.15. The minimum absolute atomic E-state index is 0.0149. The van der Waals surface area contributed by atoms with Crippen molar-refractivity contribution in [2.24, 2.45) is 0 Å². The lowest BCUT2D eigenvalue weighted by Crippen LogP contribution is -2.17. The normalized spacial score (nSPS) is 11.1. The molecule has 3 heteroatoms. The molecule has 1 rings (SSSR count). The Balaban J connectivity index is 2.77. The van der Waals surface area contributed by atoms with E-state index in [0.717, 1.165) is 25.0 Å². The van der Waals surface area contributed by atoms with Gasteiger partial charge < -0.3 is 4.98 Å². The lowest BCUT2D eigenvalue weighted by Gasteiger charge is -2.02. The molecule has 3 nitrogen and oxygen atoms in total. The van der Waals surface area contributed by atoms with Gasteiger partial charge in [-0.15, -0.1) is 0 Å². The van der Waals surface area contributed by atoms with Crippen LogP contribution in [0.1, 0.15) is 45.3 Å². The second kappa shape index (κ2) is 4.30. The van der Waals surface area contributed by atoms with Crippen LogP contribution in [0.15, 0.2) is 11.0 Å². The van der Waals surface area contributed by atoms with Crippen LogP contribution in [0.3, 0.4) is 0 Å². The summed E-state index contributed by atoms with van der Waals surface area (Å²) in [6, 6.07) is 0.249. The van der Waals surface area contributed by atoms with Crippen LogP contribution in [0.25, 0.3) is 0 Å². The van der Waals surface area contributed by atoms with Crippen LogP contribution in [0.2, 0.25) is 0 Å². The molecule has 0 unspecified atom stereocenters. The number of aromatic amines is 1. The maximum absolute atomic E-state index is 11.4. The molecule has 0 aromatic carbocycles. The van der Waals surface area contributed by atoms with Gasteiger partial charge >= 0.3 is 5.69 Å². The molecule has 0 aliphatic heterocycles. The summed E-state index contributed by atoms with van der Waals surface area (Å²) in [4.78, 5) is 14.2. The number of hydrogen-bond acceptors (Lipinski definition) is 1. The molecule has 0 saturated carbocycles. The van der Waals surface area contributed by atoms with Crippen molar-refractivity contribution in [3.8, 4) is 0 Å². The number of aromatic nitrogens is 2. The highest BCUT2D eigenvalue weighted by molar-refractivity contribution is 4.97. The van der Waals surface area contributed by atoms with Crippen LogP contribution in [0.5, 0.6) is 0 Å². The molecule has 0 aliphatic carbocycles. The number of nitrogens with zero attached hydrogens (tertiary/aromatic N) is 1. The summed E-state index contributed by atoms with van der Waals surface area (Å²) in [5.41, 5.74) is 1.07. The van der Waals surface area contributed by atoms with Crippen LogP contribution >= 0.6 is 0 Å². The van der Waals surface area contributed by atoms with E-state index >= 15 is 0 Å². The molecule has 1 heterocycles. The first kappa shape index (κ1) is 10.1. The minimum Gasteiger partial charge on any atom is -0.310 e. The molecule has 0 spiro atoms. The van der Waals surface area contributed by atoms with Gasteiger partial charge in [0, 0.05) is 17.9 Å². The fourth-order valence-electron chi connectivity index (χ4n) is 1.34. The Hall–Kier alpha value is -0.990.